The Morgan fingerprint density at radius 3 is 2.83 bits per heavy atom. The summed E-state index contributed by atoms with van der Waals surface area (Å²) in [5.41, 5.74) is 3.54. The van der Waals surface area contributed by atoms with Crippen LogP contribution in [0.15, 0.2) is 24.3 Å². The zero-order valence-electron chi connectivity index (χ0n) is 14.2. The van der Waals surface area contributed by atoms with Crippen LogP contribution in [0.5, 0.6) is 0 Å². The fourth-order valence-corrected chi connectivity index (χ4v) is 3.02. The lowest BCUT2D eigenvalue weighted by Crippen LogP contribution is -2.31. The van der Waals surface area contributed by atoms with Gasteiger partial charge in [-0.25, -0.2) is 9.97 Å². The maximum absolute atomic E-state index is 9.74. The zero-order chi connectivity index (χ0) is 17.1. The summed E-state index contributed by atoms with van der Waals surface area (Å²) in [6, 6.07) is 8.13. The second-order valence-corrected chi connectivity index (χ2v) is 6.18. The molecule has 2 aromatic rings. The first kappa shape index (κ1) is 16.7. The molecular formula is C18H24N4O2. The Kier molecular flexibility index (Phi) is 4.97. The molecule has 0 fully saturated rings. The average molecular weight is 328 g/mol. The number of fused-ring (bicyclic) bond motifs is 1. The van der Waals surface area contributed by atoms with E-state index in [2.05, 4.69) is 32.3 Å². The predicted octanol–water partition coefficient (Wildman–Crippen LogP) is 1.81. The summed E-state index contributed by atoms with van der Waals surface area (Å²) in [5, 5.41) is 21.8. The molecule has 0 spiro atoms. The van der Waals surface area contributed by atoms with Gasteiger partial charge in [0.15, 0.2) is 0 Å². The van der Waals surface area contributed by atoms with Crippen molar-refractivity contribution in [2.75, 3.05) is 29.9 Å². The molecule has 6 nitrogen and oxygen atoms in total. The predicted molar refractivity (Wildman–Crippen MR) is 94.2 cm³/mol. The molecule has 1 aromatic heterocycles. The number of rotatable bonds is 5. The van der Waals surface area contributed by atoms with Gasteiger partial charge in [-0.3, -0.25) is 0 Å². The summed E-state index contributed by atoms with van der Waals surface area (Å²) in [6.07, 6.45) is 0.497. The summed E-state index contributed by atoms with van der Waals surface area (Å²) in [4.78, 5) is 11.1. The van der Waals surface area contributed by atoms with Gasteiger partial charge in [0.1, 0.15) is 17.5 Å². The van der Waals surface area contributed by atoms with Crippen molar-refractivity contribution in [3.8, 4) is 0 Å². The van der Waals surface area contributed by atoms with Crippen LogP contribution in [0.4, 0.5) is 11.6 Å². The molecule has 0 saturated heterocycles. The molecule has 0 unspecified atom stereocenters. The lowest BCUT2D eigenvalue weighted by Gasteiger charge is -2.30. The smallest absolute Gasteiger partial charge is 0.134 e. The van der Waals surface area contributed by atoms with Gasteiger partial charge in [0.05, 0.1) is 12.7 Å². The lowest BCUT2D eigenvalue weighted by molar-refractivity contribution is 0.199. The number of hydrogen-bond acceptors (Lipinski definition) is 6. The minimum absolute atomic E-state index is 0.0705. The van der Waals surface area contributed by atoms with Gasteiger partial charge in [0.2, 0.25) is 0 Å². The van der Waals surface area contributed by atoms with E-state index in [1.54, 1.807) is 6.92 Å². The fourth-order valence-electron chi connectivity index (χ4n) is 3.02. The minimum atomic E-state index is -0.432. The third-order valence-electron chi connectivity index (χ3n) is 4.29. The molecule has 2 heterocycles. The number of nitrogens with zero attached hydrogens (tertiary/aromatic N) is 3. The first-order valence-corrected chi connectivity index (χ1v) is 8.32. The Bertz CT molecular complexity index is 718. The highest BCUT2D eigenvalue weighted by Crippen LogP contribution is 2.26. The number of aliphatic hydroxyl groups excluding tert-OH is 2. The van der Waals surface area contributed by atoms with Gasteiger partial charge in [-0.1, -0.05) is 18.2 Å². The molecule has 1 aliphatic rings. The summed E-state index contributed by atoms with van der Waals surface area (Å²) >= 11 is 0. The molecule has 3 rings (SSSR count). The van der Waals surface area contributed by atoms with Gasteiger partial charge in [0.25, 0.3) is 0 Å². The van der Waals surface area contributed by atoms with E-state index in [-0.39, 0.29) is 6.61 Å². The zero-order valence-corrected chi connectivity index (χ0v) is 14.2. The highest BCUT2D eigenvalue weighted by molar-refractivity contribution is 5.51. The summed E-state index contributed by atoms with van der Waals surface area (Å²) in [7, 11) is 0. The highest BCUT2D eigenvalue weighted by Gasteiger charge is 2.19. The summed E-state index contributed by atoms with van der Waals surface area (Å²) in [5.74, 6) is 2.35. The molecule has 0 radical (unpaired) electrons. The summed E-state index contributed by atoms with van der Waals surface area (Å²) < 4.78 is 0. The standard InChI is InChI=1S/C18H24N4O2/c1-12(24)14-3-4-16-11-22(7-5-15(16)9-14)18-10-17(19-6-8-23)20-13(2)21-18/h3-4,9-10,12,23-24H,5-8,11H2,1-2H3,(H,19,20,21)/t12-/m0/s1. The van der Waals surface area contributed by atoms with Crippen molar-refractivity contribution in [2.45, 2.75) is 32.9 Å². The van der Waals surface area contributed by atoms with E-state index in [0.29, 0.717) is 12.4 Å². The normalized spacial score (nSPS) is 15.1. The van der Waals surface area contributed by atoms with Crippen molar-refractivity contribution in [1.29, 1.82) is 0 Å². The van der Waals surface area contributed by atoms with Crippen LogP contribution in [0.25, 0.3) is 0 Å². The largest absolute Gasteiger partial charge is 0.395 e. The van der Waals surface area contributed by atoms with E-state index in [1.165, 1.54) is 11.1 Å². The second-order valence-electron chi connectivity index (χ2n) is 6.18. The molecular weight excluding hydrogens is 304 g/mol. The number of hydrogen-bond donors (Lipinski definition) is 3. The molecule has 6 heteroatoms. The van der Waals surface area contributed by atoms with Gasteiger partial charge in [-0.2, -0.15) is 0 Å². The highest BCUT2D eigenvalue weighted by atomic mass is 16.3. The second kappa shape index (κ2) is 7.15. The molecule has 128 valence electrons. The third kappa shape index (κ3) is 3.66. The van der Waals surface area contributed by atoms with E-state index in [0.717, 1.165) is 36.7 Å². The van der Waals surface area contributed by atoms with Crippen molar-refractivity contribution in [3.05, 3.63) is 46.8 Å². The number of anilines is 2. The van der Waals surface area contributed by atoms with E-state index >= 15 is 0 Å². The maximum atomic E-state index is 9.74. The number of nitrogens with one attached hydrogen (secondary N) is 1. The van der Waals surface area contributed by atoms with Gasteiger partial charge in [-0.15, -0.1) is 0 Å². The maximum Gasteiger partial charge on any atom is 0.134 e. The molecule has 1 atom stereocenters. The molecule has 1 aromatic carbocycles. The van der Waals surface area contributed by atoms with Crippen LogP contribution >= 0.6 is 0 Å². The number of benzene rings is 1. The minimum Gasteiger partial charge on any atom is -0.395 e. The van der Waals surface area contributed by atoms with Gasteiger partial charge < -0.3 is 20.4 Å². The molecule has 24 heavy (non-hydrogen) atoms. The molecule has 0 aliphatic carbocycles. The van der Waals surface area contributed by atoms with E-state index in [9.17, 15) is 5.11 Å². The first-order chi connectivity index (χ1) is 11.6. The number of aryl methyl sites for hydroxylation is 1. The Labute approximate surface area is 142 Å². The van der Waals surface area contributed by atoms with Crippen LogP contribution < -0.4 is 10.2 Å². The van der Waals surface area contributed by atoms with Gasteiger partial charge >= 0.3 is 0 Å². The van der Waals surface area contributed by atoms with E-state index in [4.69, 9.17) is 5.11 Å². The van der Waals surface area contributed by atoms with Crippen LogP contribution in [0.1, 0.15) is 35.5 Å². The number of aliphatic hydroxyl groups is 2. The molecule has 0 saturated carbocycles. The topological polar surface area (TPSA) is 81.5 Å². The van der Waals surface area contributed by atoms with E-state index < -0.39 is 6.10 Å². The van der Waals surface area contributed by atoms with Gasteiger partial charge in [-0.05, 0) is 37.0 Å². The SMILES string of the molecule is Cc1nc(NCCO)cc(N2CCc3cc([C@H](C)O)ccc3C2)n1. The molecule has 1 aliphatic heterocycles. The Morgan fingerprint density at radius 2 is 2.08 bits per heavy atom. The quantitative estimate of drug-likeness (QED) is 0.776. The van der Waals surface area contributed by atoms with Crippen LogP contribution in [0, 0.1) is 6.92 Å². The third-order valence-corrected chi connectivity index (χ3v) is 4.29. The van der Waals surface area contributed by atoms with Crippen LogP contribution in [0.2, 0.25) is 0 Å². The van der Waals surface area contributed by atoms with Crippen molar-refractivity contribution < 1.29 is 10.2 Å². The van der Waals surface area contributed by atoms with Gasteiger partial charge in [0, 0.05) is 25.7 Å². The van der Waals surface area contributed by atoms with Crippen molar-refractivity contribution in [1.82, 2.24) is 9.97 Å². The van der Waals surface area contributed by atoms with E-state index in [1.807, 2.05) is 19.1 Å². The average Bonchev–Trinajstić information content (AvgIpc) is 2.58. The molecule has 3 N–H and O–H groups in total. The summed E-state index contributed by atoms with van der Waals surface area (Å²) in [6.45, 7) is 5.89. The fraction of sp³-hybridized carbons (Fsp3) is 0.444. The Balaban J connectivity index is 1.81. The monoisotopic (exact) mass is 328 g/mol. The van der Waals surface area contributed by atoms with Crippen LogP contribution in [0.3, 0.4) is 0 Å². The van der Waals surface area contributed by atoms with Crippen LogP contribution in [-0.2, 0) is 13.0 Å². The molecule has 0 amide bonds. The van der Waals surface area contributed by atoms with Crippen molar-refractivity contribution >= 4 is 11.6 Å². The molecule has 0 bridgehead atoms. The van der Waals surface area contributed by atoms with Crippen molar-refractivity contribution in [3.63, 3.8) is 0 Å². The first-order valence-electron chi connectivity index (χ1n) is 8.32. The Morgan fingerprint density at radius 1 is 1.25 bits per heavy atom. The van der Waals surface area contributed by atoms with Crippen LogP contribution in [-0.4, -0.2) is 39.9 Å². The Hall–Kier alpha value is -2.18. The van der Waals surface area contributed by atoms with Crippen molar-refractivity contribution in [2.24, 2.45) is 0 Å². The lowest BCUT2D eigenvalue weighted by atomic mass is 9.96. The number of aromatic nitrogens is 2.